The predicted molar refractivity (Wildman–Crippen MR) is 66.7 cm³/mol. The molecular formula is C12H14FN5O. The number of anilines is 1. The van der Waals surface area contributed by atoms with Crippen LogP contribution in [0.3, 0.4) is 0 Å². The van der Waals surface area contributed by atoms with Gasteiger partial charge in [0.25, 0.3) is 0 Å². The average Bonchev–Trinajstić information content (AvgIpc) is 2.88. The molecule has 0 unspecified atom stereocenters. The summed E-state index contributed by atoms with van der Waals surface area (Å²) in [4.78, 5) is 0. The minimum Gasteiger partial charge on any atom is -0.399 e. The van der Waals surface area contributed by atoms with Gasteiger partial charge in [-0.1, -0.05) is 0 Å². The van der Waals surface area contributed by atoms with Gasteiger partial charge in [0, 0.05) is 24.5 Å². The van der Waals surface area contributed by atoms with Crippen molar-refractivity contribution in [2.45, 2.75) is 18.9 Å². The zero-order valence-corrected chi connectivity index (χ0v) is 10.3. The molecule has 0 saturated carbocycles. The molecule has 6 nitrogen and oxygen atoms in total. The highest BCUT2D eigenvalue weighted by atomic mass is 19.1. The minimum absolute atomic E-state index is 0.184. The van der Waals surface area contributed by atoms with Crippen molar-refractivity contribution in [1.82, 2.24) is 20.2 Å². The lowest BCUT2D eigenvalue weighted by atomic mass is 10.1. The van der Waals surface area contributed by atoms with E-state index in [1.54, 1.807) is 10.7 Å². The lowest BCUT2D eigenvalue weighted by Gasteiger charge is -2.22. The maximum absolute atomic E-state index is 13.4. The van der Waals surface area contributed by atoms with Gasteiger partial charge in [-0.3, -0.25) is 0 Å². The second-order valence-corrected chi connectivity index (χ2v) is 4.56. The van der Waals surface area contributed by atoms with E-state index >= 15 is 0 Å². The number of nitrogens with zero attached hydrogens (tertiary/aromatic N) is 4. The Kier molecular flexibility index (Phi) is 3.12. The number of rotatable bonds is 2. The van der Waals surface area contributed by atoms with E-state index in [0.29, 0.717) is 30.3 Å². The molecule has 2 N–H and O–H groups in total. The lowest BCUT2D eigenvalue weighted by molar-refractivity contribution is 0.0662. The zero-order valence-electron chi connectivity index (χ0n) is 10.3. The van der Waals surface area contributed by atoms with Gasteiger partial charge in [0.15, 0.2) is 5.82 Å². The zero-order chi connectivity index (χ0) is 13.2. The molecule has 7 heteroatoms. The molecule has 0 amide bonds. The van der Waals surface area contributed by atoms with Crippen LogP contribution in [0.4, 0.5) is 10.1 Å². The number of benzene rings is 1. The summed E-state index contributed by atoms with van der Waals surface area (Å²) in [6.07, 6.45) is 1.70. The van der Waals surface area contributed by atoms with Gasteiger partial charge in [-0.2, -0.15) is 0 Å². The number of ether oxygens (including phenoxy) is 1. The summed E-state index contributed by atoms with van der Waals surface area (Å²) in [7, 11) is 0. The standard InChI is InChI=1S/C12H14FN5O/c13-9-5-8(6-10(14)7-9)12-15-16-17-18(12)11-1-3-19-4-2-11/h5-7,11H,1-4,14H2. The number of hydrogen-bond donors (Lipinski definition) is 1. The summed E-state index contributed by atoms with van der Waals surface area (Å²) in [6, 6.07) is 4.51. The van der Waals surface area contributed by atoms with Crippen LogP contribution in [0, 0.1) is 5.82 Å². The van der Waals surface area contributed by atoms with E-state index in [1.807, 2.05) is 0 Å². The first-order valence-corrected chi connectivity index (χ1v) is 6.16. The fraction of sp³-hybridized carbons (Fsp3) is 0.417. The third kappa shape index (κ3) is 2.41. The Hall–Kier alpha value is -2.02. The van der Waals surface area contributed by atoms with E-state index in [2.05, 4.69) is 15.5 Å². The molecule has 0 spiro atoms. The van der Waals surface area contributed by atoms with Crippen LogP contribution in [0.2, 0.25) is 0 Å². The topological polar surface area (TPSA) is 78.9 Å². The van der Waals surface area contributed by atoms with Gasteiger partial charge >= 0.3 is 0 Å². The van der Waals surface area contributed by atoms with Crippen molar-refractivity contribution >= 4 is 5.69 Å². The van der Waals surface area contributed by atoms with Gasteiger partial charge in [0.05, 0.1) is 6.04 Å². The van der Waals surface area contributed by atoms with Crippen LogP contribution in [-0.2, 0) is 4.74 Å². The van der Waals surface area contributed by atoms with Crippen molar-refractivity contribution in [1.29, 1.82) is 0 Å². The molecule has 1 fully saturated rings. The Morgan fingerprint density at radius 3 is 2.79 bits per heavy atom. The Morgan fingerprint density at radius 2 is 2.05 bits per heavy atom. The largest absolute Gasteiger partial charge is 0.399 e. The Morgan fingerprint density at radius 1 is 1.26 bits per heavy atom. The van der Waals surface area contributed by atoms with Crippen molar-refractivity contribution < 1.29 is 9.13 Å². The number of nitrogen functional groups attached to an aromatic ring is 1. The van der Waals surface area contributed by atoms with Crippen molar-refractivity contribution in [3.8, 4) is 11.4 Å². The van der Waals surface area contributed by atoms with Crippen molar-refractivity contribution in [3.63, 3.8) is 0 Å². The van der Waals surface area contributed by atoms with Crippen LogP contribution in [0.5, 0.6) is 0 Å². The summed E-state index contributed by atoms with van der Waals surface area (Å²) in [6.45, 7) is 1.38. The molecule has 2 heterocycles. The fourth-order valence-electron chi connectivity index (χ4n) is 2.30. The lowest BCUT2D eigenvalue weighted by Crippen LogP contribution is -2.21. The van der Waals surface area contributed by atoms with Gasteiger partial charge in [-0.05, 0) is 41.5 Å². The summed E-state index contributed by atoms with van der Waals surface area (Å²) in [5.74, 6) is 0.148. The molecular weight excluding hydrogens is 249 g/mol. The third-order valence-corrected chi connectivity index (χ3v) is 3.21. The fourth-order valence-corrected chi connectivity index (χ4v) is 2.30. The van der Waals surface area contributed by atoms with Gasteiger partial charge < -0.3 is 10.5 Å². The highest BCUT2D eigenvalue weighted by Crippen LogP contribution is 2.27. The molecule has 0 radical (unpaired) electrons. The molecule has 1 aliphatic rings. The van der Waals surface area contributed by atoms with Gasteiger partial charge in [-0.25, -0.2) is 9.07 Å². The molecule has 2 aromatic rings. The smallest absolute Gasteiger partial charge is 0.182 e. The molecule has 19 heavy (non-hydrogen) atoms. The van der Waals surface area contributed by atoms with Gasteiger partial charge in [0.2, 0.25) is 0 Å². The molecule has 1 saturated heterocycles. The molecule has 1 aromatic carbocycles. The normalized spacial score (nSPS) is 16.7. The van der Waals surface area contributed by atoms with E-state index in [-0.39, 0.29) is 6.04 Å². The molecule has 0 atom stereocenters. The van der Waals surface area contributed by atoms with E-state index < -0.39 is 5.82 Å². The van der Waals surface area contributed by atoms with Crippen molar-refractivity contribution in [3.05, 3.63) is 24.0 Å². The van der Waals surface area contributed by atoms with Crippen molar-refractivity contribution in [2.24, 2.45) is 0 Å². The number of tetrazole rings is 1. The molecule has 0 bridgehead atoms. The maximum Gasteiger partial charge on any atom is 0.182 e. The molecule has 1 aromatic heterocycles. The van der Waals surface area contributed by atoms with Crippen LogP contribution in [0.15, 0.2) is 18.2 Å². The first kappa shape index (κ1) is 12.0. The first-order chi connectivity index (χ1) is 9.24. The van der Waals surface area contributed by atoms with Crippen LogP contribution in [0.1, 0.15) is 18.9 Å². The second kappa shape index (κ2) is 4.93. The highest BCUT2D eigenvalue weighted by molar-refractivity contribution is 5.61. The summed E-state index contributed by atoms with van der Waals surface area (Å²) in [5, 5.41) is 11.7. The molecule has 1 aliphatic heterocycles. The van der Waals surface area contributed by atoms with Crippen LogP contribution in [-0.4, -0.2) is 33.4 Å². The molecule has 0 aliphatic carbocycles. The Balaban J connectivity index is 1.98. The number of nitrogens with two attached hydrogens (primary N) is 1. The SMILES string of the molecule is Nc1cc(F)cc(-c2nnnn2C2CCOCC2)c1. The van der Waals surface area contributed by atoms with Crippen LogP contribution < -0.4 is 5.73 Å². The van der Waals surface area contributed by atoms with Gasteiger partial charge in [-0.15, -0.1) is 5.10 Å². The minimum atomic E-state index is -0.392. The molecule has 100 valence electrons. The monoisotopic (exact) mass is 263 g/mol. The third-order valence-electron chi connectivity index (χ3n) is 3.21. The van der Waals surface area contributed by atoms with Crippen molar-refractivity contribution in [2.75, 3.05) is 18.9 Å². The van der Waals surface area contributed by atoms with E-state index in [0.717, 1.165) is 12.8 Å². The number of hydrogen-bond acceptors (Lipinski definition) is 5. The van der Waals surface area contributed by atoms with E-state index in [4.69, 9.17) is 10.5 Å². The maximum atomic E-state index is 13.4. The van der Waals surface area contributed by atoms with Gasteiger partial charge in [0.1, 0.15) is 5.82 Å². The van der Waals surface area contributed by atoms with E-state index in [9.17, 15) is 4.39 Å². The predicted octanol–water partition coefficient (Wildman–Crippen LogP) is 1.41. The Bertz CT molecular complexity index is 559. The van der Waals surface area contributed by atoms with E-state index in [1.165, 1.54) is 12.1 Å². The quantitative estimate of drug-likeness (QED) is 0.829. The summed E-state index contributed by atoms with van der Waals surface area (Å²) in [5.41, 5.74) is 6.61. The number of aromatic nitrogens is 4. The second-order valence-electron chi connectivity index (χ2n) is 4.56. The highest BCUT2D eigenvalue weighted by Gasteiger charge is 2.21. The van der Waals surface area contributed by atoms with Crippen LogP contribution >= 0.6 is 0 Å². The number of halogens is 1. The Labute approximate surface area is 109 Å². The molecule has 3 rings (SSSR count). The average molecular weight is 263 g/mol. The summed E-state index contributed by atoms with van der Waals surface area (Å²) < 4.78 is 20.5. The van der Waals surface area contributed by atoms with Crippen LogP contribution in [0.25, 0.3) is 11.4 Å². The summed E-state index contributed by atoms with van der Waals surface area (Å²) >= 11 is 0. The first-order valence-electron chi connectivity index (χ1n) is 6.16.